The molecule has 2 aromatic rings. The predicted molar refractivity (Wildman–Crippen MR) is 117 cm³/mol. The molecule has 3 heterocycles. The van der Waals surface area contributed by atoms with E-state index in [1.54, 1.807) is 18.2 Å². The maximum atomic E-state index is 10.8. The van der Waals surface area contributed by atoms with Gasteiger partial charge in [-0.3, -0.25) is 0 Å². The molecule has 12 nitrogen and oxygen atoms in total. The van der Waals surface area contributed by atoms with E-state index in [0.717, 1.165) is 0 Å². The second-order valence-electron chi connectivity index (χ2n) is 7.05. The van der Waals surface area contributed by atoms with Crippen LogP contribution in [0.2, 0.25) is 0 Å². The Balaban J connectivity index is 1.53. The molecule has 1 aromatic heterocycles. The van der Waals surface area contributed by atoms with Crippen molar-refractivity contribution >= 4 is 30.0 Å². The lowest BCUT2D eigenvalue weighted by Crippen LogP contribution is -2.40. The zero-order valence-corrected chi connectivity index (χ0v) is 17.5. The largest absolute Gasteiger partial charge is 0.481 e. The van der Waals surface area contributed by atoms with E-state index in [4.69, 9.17) is 19.3 Å². The zero-order valence-electron chi connectivity index (χ0n) is 17.5. The number of carboxylic acids is 1. The second kappa shape index (κ2) is 10.7. The third-order valence-electron chi connectivity index (χ3n) is 4.84. The van der Waals surface area contributed by atoms with Crippen LogP contribution in [0.5, 0.6) is 5.75 Å². The minimum atomic E-state index is -1.05. The van der Waals surface area contributed by atoms with Gasteiger partial charge in [-0.05, 0) is 12.1 Å². The number of ether oxygens (including phenoxy) is 3. The molecule has 0 bridgehead atoms. The number of carbonyl (C=O) groups is 1. The molecule has 0 amide bonds. The summed E-state index contributed by atoms with van der Waals surface area (Å²) < 4.78 is 16.2. The number of aliphatic carboxylic acids is 1. The van der Waals surface area contributed by atoms with Crippen LogP contribution in [0.4, 0.5) is 17.8 Å². The number of hydrogen-bond donors (Lipinski definition) is 2. The van der Waals surface area contributed by atoms with Crippen LogP contribution in [-0.4, -0.2) is 91.5 Å². The number of carboxylic acid groups (broad SMARTS) is 1. The number of hydrazone groups is 1. The summed E-state index contributed by atoms with van der Waals surface area (Å²) in [6.07, 6.45) is 1.53. The smallest absolute Gasteiger partial charge is 0.341 e. The van der Waals surface area contributed by atoms with Crippen molar-refractivity contribution in [1.29, 1.82) is 0 Å². The molecular weight excluding hydrogens is 418 g/mol. The van der Waals surface area contributed by atoms with E-state index in [0.29, 0.717) is 81.8 Å². The van der Waals surface area contributed by atoms with E-state index in [9.17, 15) is 4.79 Å². The van der Waals surface area contributed by atoms with Gasteiger partial charge >= 0.3 is 5.97 Å². The maximum Gasteiger partial charge on any atom is 0.341 e. The maximum absolute atomic E-state index is 10.8. The summed E-state index contributed by atoms with van der Waals surface area (Å²) in [6.45, 7) is 4.83. The topological polar surface area (TPSA) is 135 Å². The van der Waals surface area contributed by atoms with Crippen molar-refractivity contribution in [3.05, 3.63) is 29.8 Å². The van der Waals surface area contributed by atoms with E-state index in [-0.39, 0.29) is 0 Å². The van der Waals surface area contributed by atoms with Gasteiger partial charge in [-0.2, -0.15) is 20.1 Å². The van der Waals surface area contributed by atoms with Crippen molar-refractivity contribution in [2.75, 3.05) is 74.4 Å². The van der Waals surface area contributed by atoms with Gasteiger partial charge in [0.2, 0.25) is 17.8 Å². The number of hydrogen-bond acceptors (Lipinski definition) is 11. The Bertz CT molecular complexity index is 909. The van der Waals surface area contributed by atoms with Crippen molar-refractivity contribution < 1.29 is 24.1 Å². The van der Waals surface area contributed by atoms with Crippen molar-refractivity contribution in [2.45, 2.75) is 0 Å². The van der Waals surface area contributed by atoms with Crippen molar-refractivity contribution in [2.24, 2.45) is 5.10 Å². The summed E-state index contributed by atoms with van der Waals surface area (Å²) in [5, 5.41) is 13.1. The van der Waals surface area contributed by atoms with Crippen LogP contribution in [0.25, 0.3) is 0 Å². The van der Waals surface area contributed by atoms with E-state index >= 15 is 0 Å². The molecule has 0 spiro atoms. The van der Waals surface area contributed by atoms with Crippen LogP contribution < -0.4 is 20.0 Å². The number of nitrogens with zero attached hydrogens (tertiary/aromatic N) is 6. The predicted octanol–water partition coefficient (Wildman–Crippen LogP) is 0.454. The van der Waals surface area contributed by atoms with E-state index < -0.39 is 12.6 Å². The number of nitrogens with one attached hydrogen (secondary N) is 1. The Morgan fingerprint density at radius 1 is 1.03 bits per heavy atom. The van der Waals surface area contributed by atoms with E-state index in [1.165, 1.54) is 6.21 Å². The van der Waals surface area contributed by atoms with Crippen LogP contribution in [0, 0.1) is 0 Å². The van der Waals surface area contributed by atoms with Gasteiger partial charge in [0.05, 0.1) is 32.6 Å². The Morgan fingerprint density at radius 2 is 1.62 bits per heavy atom. The van der Waals surface area contributed by atoms with Crippen molar-refractivity contribution in [1.82, 2.24) is 15.0 Å². The van der Waals surface area contributed by atoms with Gasteiger partial charge in [-0.1, -0.05) is 12.1 Å². The molecule has 0 atom stereocenters. The quantitative estimate of drug-likeness (QED) is 0.435. The third-order valence-corrected chi connectivity index (χ3v) is 4.84. The lowest BCUT2D eigenvalue weighted by atomic mass is 10.2. The molecule has 2 aliphatic rings. The molecule has 4 rings (SSSR count). The highest BCUT2D eigenvalue weighted by atomic mass is 16.5. The van der Waals surface area contributed by atoms with Gasteiger partial charge in [0.25, 0.3) is 0 Å². The molecule has 0 unspecified atom stereocenters. The normalized spacial score (nSPS) is 16.9. The number of rotatable bonds is 8. The number of para-hydroxylation sites is 1. The fourth-order valence-corrected chi connectivity index (χ4v) is 3.23. The molecule has 32 heavy (non-hydrogen) atoms. The highest BCUT2D eigenvalue weighted by Gasteiger charge is 2.20. The van der Waals surface area contributed by atoms with Crippen molar-refractivity contribution in [3.8, 4) is 5.75 Å². The molecule has 170 valence electrons. The average molecular weight is 443 g/mol. The highest BCUT2D eigenvalue weighted by molar-refractivity contribution is 5.84. The summed E-state index contributed by atoms with van der Waals surface area (Å²) in [4.78, 5) is 28.6. The second-order valence-corrected chi connectivity index (χ2v) is 7.05. The molecule has 0 radical (unpaired) electrons. The van der Waals surface area contributed by atoms with Crippen LogP contribution in [0.1, 0.15) is 5.56 Å². The summed E-state index contributed by atoms with van der Waals surface area (Å²) in [5.41, 5.74) is 3.49. The molecule has 2 N–H and O–H groups in total. The van der Waals surface area contributed by atoms with E-state index in [2.05, 4.69) is 35.3 Å². The zero-order chi connectivity index (χ0) is 22.2. The standard InChI is InChI=1S/C20H25N7O5/c28-17(29)14-32-16-4-2-1-3-15(16)13-21-25-18-22-19(26-5-9-30-10-6-26)24-20(23-18)27-7-11-31-12-8-27/h1-4,13H,5-12,14H2,(H,28,29)(H,22,23,24,25)/b21-13+. The molecule has 0 saturated carbocycles. The molecule has 12 heteroatoms. The first-order valence-corrected chi connectivity index (χ1v) is 10.3. The molecular formula is C20H25N7O5. The highest BCUT2D eigenvalue weighted by Crippen LogP contribution is 2.19. The number of anilines is 3. The van der Waals surface area contributed by atoms with Crippen LogP contribution in [0.3, 0.4) is 0 Å². The Hall–Kier alpha value is -3.51. The van der Waals surface area contributed by atoms with Gasteiger partial charge in [0, 0.05) is 31.7 Å². The fraction of sp³-hybridized carbons (Fsp3) is 0.450. The lowest BCUT2D eigenvalue weighted by molar-refractivity contribution is -0.139. The van der Waals surface area contributed by atoms with Crippen molar-refractivity contribution in [3.63, 3.8) is 0 Å². The molecule has 2 saturated heterocycles. The van der Waals surface area contributed by atoms with Gasteiger partial charge in [0.1, 0.15) is 5.75 Å². The van der Waals surface area contributed by atoms with Gasteiger partial charge in [-0.25, -0.2) is 10.2 Å². The number of benzene rings is 1. The minimum Gasteiger partial charge on any atom is -0.481 e. The number of morpholine rings is 2. The first-order chi connectivity index (χ1) is 15.7. The van der Waals surface area contributed by atoms with Crippen LogP contribution >= 0.6 is 0 Å². The first-order valence-electron chi connectivity index (χ1n) is 10.3. The monoisotopic (exact) mass is 443 g/mol. The third kappa shape index (κ3) is 5.80. The Kier molecular flexibility index (Phi) is 7.25. The fourth-order valence-electron chi connectivity index (χ4n) is 3.23. The summed E-state index contributed by atoms with van der Waals surface area (Å²) >= 11 is 0. The van der Waals surface area contributed by atoms with Gasteiger partial charge in [-0.15, -0.1) is 0 Å². The molecule has 1 aromatic carbocycles. The molecule has 2 fully saturated rings. The molecule has 2 aliphatic heterocycles. The van der Waals surface area contributed by atoms with Gasteiger partial charge < -0.3 is 29.1 Å². The first kappa shape index (κ1) is 21.7. The average Bonchev–Trinajstić information content (AvgIpc) is 2.84. The summed E-state index contributed by atoms with van der Waals surface area (Å²) in [6, 6.07) is 7.02. The Labute approximate surface area is 184 Å². The summed E-state index contributed by atoms with van der Waals surface area (Å²) in [7, 11) is 0. The van der Waals surface area contributed by atoms with Gasteiger partial charge in [0.15, 0.2) is 6.61 Å². The van der Waals surface area contributed by atoms with E-state index in [1.807, 2.05) is 6.07 Å². The Morgan fingerprint density at radius 3 is 2.22 bits per heavy atom. The molecule has 0 aliphatic carbocycles. The SMILES string of the molecule is O=C(O)COc1ccccc1/C=N/Nc1nc(N2CCOCC2)nc(N2CCOCC2)n1. The van der Waals surface area contributed by atoms with Crippen LogP contribution in [-0.2, 0) is 14.3 Å². The lowest BCUT2D eigenvalue weighted by Gasteiger charge is -2.30. The summed E-state index contributed by atoms with van der Waals surface area (Å²) in [5.74, 6) is 0.800. The minimum absolute atomic E-state index is 0.308. The van der Waals surface area contributed by atoms with Crippen LogP contribution in [0.15, 0.2) is 29.4 Å². The number of aromatic nitrogens is 3.